The molecule has 0 fully saturated rings. The smallest absolute Gasteiger partial charge is 0.408 e. The molecule has 6 nitrogen and oxygen atoms in total. The molecule has 0 aromatic heterocycles. The maximum absolute atomic E-state index is 12.2. The van der Waals surface area contributed by atoms with Gasteiger partial charge in [-0.15, -0.1) is 0 Å². The van der Waals surface area contributed by atoms with Crippen LogP contribution < -0.4 is 5.32 Å². The number of nitrogens with one attached hydrogen (secondary N) is 1. The van der Waals surface area contributed by atoms with Crippen LogP contribution in [-0.4, -0.2) is 37.3 Å². The van der Waals surface area contributed by atoms with Crippen molar-refractivity contribution in [2.45, 2.75) is 32.9 Å². The summed E-state index contributed by atoms with van der Waals surface area (Å²) in [4.78, 5) is 29.0. The predicted molar refractivity (Wildman–Crippen MR) is 82.8 cm³/mol. The number of benzene rings is 1. The molecule has 0 radical (unpaired) electrons. The Morgan fingerprint density at radius 1 is 1.27 bits per heavy atom. The first-order chi connectivity index (χ1) is 10.5. The summed E-state index contributed by atoms with van der Waals surface area (Å²) in [7, 11) is 2.91. The monoisotopic (exact) mass is 308 g/mol. The lowest BCUT2D eigenvalue weighted by Gasteiger charge is -2.26. The molecule has 1 aromatic rings. The summed E-state index contributed by atoms with van der Waals surface area (Å²) in [6, 6.07) is 8.68. The van der Waals surface area contributed by atoms with E-state index < -0.39 is 12.1 Å². The minimum absolute atomic E-state index is 0.0330. The molecule has 0 unspecified atom stereocenters. The maximum Gasteiger partial charge on any atom is 0.408 e. The van der Waals surface area contributed by atoms with E-state index in [1.165, 1.54) is 14.2 Å². The van der Waals surface area contributed by atoms with E-state index >= 15 is 0 Å². The standard InChI is InChI=1S/C16H24N2O4/c1-5-12(2)14(15(19)18(3)21-4)17-16(20)22-11-13-9-7-6-8-10-13/h6-10,12,14H,5,11H2,1-4H3,(H,17,20)/t12-,14+/m0/s1. The van der Waals surface area contributed by atoms with E-state index in [0.29, 0.717) is 0 Å². The Labute approximate surface area is 131 Å². The summed E-state index contributed by atoms with van der Waals surface area (Å²) in [6.07, 6.45) is 0.124. The zero-order valence-corrected chi connectivity index (χ0v) is 13.5. The molecule has 6 heteroatoms. The van der Waals surface area contributed by atoms with Gasteiger partial charge in [-0.2, -0.15) is 0 Å². The van der Waals surface area contributed by atoms with Crippen LogP contribution in [0.25, 0.3) is 0 Å². The van der Waals surface area contributed by atoms with Crippen LogP contribution in [0.2, 0.25) is 0 Å². The normalized spacial score (nSPS) is 13.1. The van der Waals surface area contributed by atoms with E-state index in [0.717, 1.165) is 17.0 Å². The first-order valence-corrected chi connectivity index (χ1v) is 7.28. The second-order valence-electron chi connectivity index (χ2n) is 5.09. The van der Waals surface area contributed by atoms with Crippen molar-refractivity contribution in [3.8, 4) is 0 Å². The second kappa shape index (κ2) is 9.04. The molecule has 0 saturated carbocycles. The highest BCUT2D eigenvalue weighted by molar-refractivity contribution is 5.85. The Balaban J connectivity index is 2.61. The molecular formula is C16H24N2O4. The zero-order valence-electron chi connectivity index (χ0n) is 13.5. The average Bonchev–Trinajstić information content (AvgIpc) is 2.56. The minimum Gasteiger partial charge on any atom is -0.445 e. The first kappa shape index (κ1) is 18.0. The number of ether oxygens (including phenoxy) is 1. The average molecular weight is 308 g/mol. The molecule has 0 spiro atoms. The molecule has 0 saturated heterocycles. The van der Waals surface area contributed by atoms with Crippen LogP contribution in [0, 0.1) is 5.92 Å². The molecule has 22 heavy (non-hydrogen) atoms. The number of amides is 2. The predicted octanol–water partition coefficient (Wildman–Crippen LogP) is 2.35. The summed E-state index contributed by atoms with van der Waals surface area (Å²) < 4.78 is 5.16. The molecule has 0 aliphatic rings. The molecule has 1 rings (SSSR count). The topological polar surface area (TPSA) is 67.9 Å². The minimum atomic E-state index is -0.682. The van der Waals surface area contributed by atoms with Crippen molar-refractivity contribution in [3.63, 3.8) is 0 Å². The van der Waals surface area contributed by atoms with E-state index in [-0.39, 0.29) is 18.4 Å². The Morgan fingerprint density at radius 2 is 1.91 bits per heavy atom. The number of hydrogen-bond acceptors (Lipinski definition) is 4. The van der Waals surface area contributed by atoms with E-state index in [9.17, 15) is 9.59 Å². The van der Waals surface area contributed by atoms with Gasteiger partial charge in [0, 0.05) is 7.05 Å². The van der Waals surface area contributed by atoms with Gasteiger partial charge in [-0.05, 0) is 11.5 Å². The van der Waals surface area contributed by atoms with Crippen molar-refractivity contribution in [2.75, 3.05) is 14.2 Å². The number of nitrogens with zero attached hydrogens (tertiary/aromatic N) is 1. The van der Waals surface area contributed by atoms with Gasteiger partial charge in [-0.25, -0.2) is 9.86 Å². The summed E-state index contributed by atoms with van der Waals surface area (Å²) in [5, 5.41) is 3.73. The quantitative estimate of drug-likeness (QED) is 0.785. The number of carbonyl (C=O) groups is 2. The molecular weight excluding hydrogens is 284 g/mol. The third kappa shape index (κ3) is 5.37. The molecule has 0 aliphatic carbocycles. The van der Waals surface area contributed by atoms with Crippen LogP contribution in [0.15, 0.2) is 30.3 Å². The Hall–Kier alpha value is -2.08. The van der Waals surface area contributed by atoms with Gasteiger partial charge >= 0.3 is 6.09 Å². The van der Waals surface area contributed by atoms with Crippen molar-refractivity contribution < 1.29 is 19.2 Å². The molecule has 1 N–H and O–H groups in total. The van der Waals surface area contributed by atoms with E-state index in [1.54, 1.807) is 0 Å². The van der Waals surface area contributed by atoms with Crippen LogP contribution in [0.4, 0.5) is 4.79 Å². The van der Waals surface area contributed by atoms with E-state index in [1.807, 2.05) is 44.2 Å². The maximum atomic E-state index is 12.2. The van der Waals surface area contributed by atoms with Crippen molar-refractivity contribution in [2.24, 2.45) is 5.92 Å². The zero-order chi connectivity index (χ0) is 16.5. The van der Waals surface area contributed by atoms with Gasteiger partial charge < -0.3 is 10.1 Å². The number of hydroxylamine groups is 2. The van der Waals surface area contributed by atoms with Crippen LogP contribution in [0.3, 0.4) is 0 Å². The Kier molecular flexibility index (Phi) is 7.39. The van der Waals surface area contributed by atoms with Crippen molar-refractivity contribution in [1.29, 1.82) is 0 Å². The van der Waals surface area contributed by atoms with Gasteiger partial charge in [0.2, 0.25) is 0 Å². The number of alkyl carbamates (subject to hydrolysis) is 1. The highest BCUT2D eigenvalue weighted by Crippen LogP contribution is 2.11. The molecule has 0 aliphatic heterocycles. The molecule has 2 atom stereocenters. The van der Waals surface area contributed by atoms with E-state index in [2.05, 4.69) is 5.32 Å². The number of likely N-dealkylation sites (N-methyl/N-ethyl adjacent to an activating group) is 1. The summed E-state index contributed by atoms with van der Waals surface area (Å²) in [5.41, 5.74) is 0.887. The lowest BCUT2D eigenvalue weighted by molar-refractivity contribution is -0.172. The lowest BCUT2D eigenvalue weighted by Crippen LogP contribution is -2.50. The third-order valence-corrected chi connectivity index (χ3v) is 3.55. The number of hydrogen-bond donors (Lipinski definition) is 1. The Morgan fingerprint density at radius 3 is 2.45 bits per heavy atom. The fourth-order valence-corrected chi connectivity index (χ4v) is 1.86. The second-order valence-corrected chi connectivity index (χ2v) is 5.09. The molecule has 2 amide bonds. The summed E-state index contributed by atoms with van der Waals surface area (Å²) >= 11 is 0. The Bertz CT molecular complexity index is 478. The number of rotatable bonds is 7. The number of carbonyl (C=O) groups excluding carboxylic acids is 2. The fourth-order valence-electron chi connectivity index (χ4n) is 1.86. The van der Waals surface area contributed by atoms with E-state index in [4.69, 9.17) is 9.57 Å². The van der Waals surface area contributed by atoms with Crippen molar-refractivity contribution in [3.05, 3.63) is 35.9 Å². The van der Waals surface area contributed by atoms with Gasteiger partial charge in [-0.1, -0.05) is 50.6 Å². The molecule has 122 valence electrons. The van der Waals surface area contributed by atoms with Gasteiger partial charge in [0.05, 0.1) is 7.11 Å². The molecule has 0 heterocycles. The van der Waals surface area contributed by atoms with Gasteiger partial charge in [-0.3, -0.25) is 9.63 Å². The largest absolute Gasteiger partial charge is 0.445 e. The van der Waals surface area contributed by atoms with Crippen LogP contribution in [0.5, 0.6) is 0 Å². The van der Waals surface area contributed by atoms with Gasteiger partial charge in [0.15, 0.2) is 0 Å². The summed E-state index contributed by atoms with van der Waals surface area (Å²) in [5.74, 6) is -0.345. The van der Waals surface area contributed by atoms with Crippen molar-refractivity contribution in [1.82, 2.24) is 10.4 Å². The first-order valence-electron chi connectivity index (χ1n) is 7.28. The van der Waals surface area contributed by atoms with Crippen LogP contribution >= 0.6 is 0 Å². The van der Waals surface area contributed by atoms with Crippen LogP contribution in [0.1, 0.15) is 25.8 Å². The van der Waals surface area contributed by atoms with Crippen LogP contribution in [-0.2, 0) is 21.0 Å². The molecule has 0 bridgehead atoms. The molecule has 1 aromatic carbocycles. The summed E-state index contributed by atoms with van der Waals surface area (Å²) in [6.45, 7) is 4.01. The van der Waals surface area contributed by atoms with Crippen molar-refractivity contribution >= 4 is 12.0 Å². The lowest BCUT2D eigenvalue weighted by atomic mass is 9.98. The fraction of sp³-hybridized carbons (Fsp3) is 0.500. The SMILES string of the molecule is CC[C@H](C)[C@@H](NC(=O)OCc1ccccc1)C(=O)N(C)OC. The third-order valence-electron chi connectivity index (χ3n) is 3.55. The van der Waals surface area contributed by atoms with Gasteiger partial charge in [0.25, 0.3) is 5.91 Å². The highest BCUT2D eigenvalue weighted by Gasteiger charge is 2.29. The van der Waals surface area contributed by atoms with Gasteiger partial charge in [0.1, 0.15) is 12.6 Å². The highest BCUT2D eigenvalue weighted by atomic mass is 16.7.